The Bertz CT molecular complexity index is 266. The van der Waals surface area contributed by atoms with Crippen molar-refractivity contribution in [1.82, 2.24) is 10.6 Å². The Kier molecular flexibility index (Phi) is 4.80. The van der Waals surface area contributed by atoms with Crippen LogP contribution in [0.15, 0.2) is 0 Å². The minimum Gasteiger partial charge on any atom is -0.351 e. The van der Waals surface area contributed by atoms with Crippen molar-refractivity contribution in [1.29, 1.82) is 0 Å². The topological polar surface area (TPSA) is 41.1 Å². The molecule has 0 aromatic carbocycles. The number of hydrogen-bond donors (Lipinski definition) is 2. The summed E-state index contributed by atoms with van der Waals surface area (Å²) in [4.78, 5) is 11.5. The molecule has 1 saturated heterocycles. The van der Waals surface area contributed by atoms with Gasteiger partial charge in [-0.3, -0.25) is 4.79 Å². The largest absolute Gasteiger partial charge is 0.393 e. The number of nitrogens with one attached hydrogen (secondary N) is 2. The number of rotatable bonds is 3. The maximum atomic E-state index is 12.7. The first-order valence-electron chi connectivity index (χ1n) is 5.87. The number of amides is 1. The second kappa shape index (κ2) is 5.71. The first kappa shape index (κ1) is 14.3. The summed E-state index contributed by atoms with van der Waals surface area (Å²) in [6.07, 6.45) is -3.95. The Hall–Kier alpha value is -0.780. The van der Waals surface area contributed by atoms with Gasteiger partial charge in [0.1, 0.15) is 0 Å². The number of halogens is 3. The summed E-state index contributed by atoms with van der Waals surface area (Å²) in [5, 5.41) is 5.37. The molecule has 2 atom stereocenters. The number of hydrogen-bond acceptors (Lipinski definition) is 2. The summed E-state index contributed by atoms with van der Waals surface area (Å²) in [6.45, 7) is 4.26. The van der Waals surface area contributed by atoms with Gasteiger partial charge in [0.25, 0.3) is 0 Å². The van der Waals surface area contributed by atoms with Crippen LogP contribution < -0.4 is 10.6 Å². The van der Waals surface area contributed by atoms with Gasteiger partial charge in [-0.15, -0.1) is 0 Å². The molecule has 0 radical (unpaired) electrons. The van der Waals surface area contributed by atoms with Crippen LogP contribution in [0.3, 0.4) is 0 Å². The standard InChI is InChI=1S/C11H19F3N2O/c1-7(2)5-10(17)16-9-6-15-4-3-8(9)11(12,13)14/h7-9,15H,3-6H2,1-2H3,(H,16,17). The van der Waals surface area contributed by atoms with Crippen molar-refractivity contribution in [3.05, 3.63) is 0 Å². The summed E-state index contributed by atoms with van der Waals surface area (Å²) >= 11 is 0. The van der Waals surface area contributed by atoms with E-state index >= 15 is 0 Å². The van der Waals surface area contributed by atoms with Crippen molar-refractivity contribution in [2.75, 3.05) is 13.1 Å². The molecule has 1 heterocycles. The summed E-state index contributed by atoms with van der Waals surface area (Å²) in [7, 11) is 0. The highest BCUT2D eigenvalue weighted by Crippen LogP contribution is 2.32. The second-order valence-electron chi connectivity index (χ2n) is 4.91. The van der Waals surface area contributed by atoms with Crippen LogP contribution in [0, 0.1) is 11.8 Å². The van der Waals surface area contributed by atoms with Crippen LogP contribution in [-0.2, 0) is 4.79 Å². The van der Waals surface area contributed by atoms with Gasteiger partial charge in [0.05, 0.1) is 12.0 Å². The second-order valence-corrected chi connectivity index (χ2v) is 4.91. The Labute approximate surface area is 99.1 Å². The maximum absolute atomic E-state index is 12.7. The van der Waals surface area contributed by atoms with Crippen LogP contribution in [-0.4, -0.2) is 31.2 Å². The van der Waals surface area contributed by atoms with Crippen molar-refractivity contribution in [2.45, 2.75) is 38.9 Å². The van der Waals surface area contributed by atoms with E-state index in [0.717, 1.165) is 0 Å². The zero-order valence-electron chi connectivity index (χ0n) is 10.1. The van der Waals surface area contributed by atoms with Crippen LogP contribution in [0.25, 0.3) is 0 Å². The normalized spacial score (nSPS) is 26.0. The van der Waals surface area contributed by atoms with Crippen LogP contribution in [0.4, 0.5) is 13.2 Å². The van der Waals surface area contributed by atoms with E-state index in [1.165, 1.54) is 0 Å². The van der Waals surface area contributed by atoms with E-state index in [0.29, 0.717) is 6.54 Å². The molecule has 100 valence electrons. The van der Waals surface area contributed by atoms with E-state index in [1.54, 1.807) is 0 Å². The molecule has 1 aliphatic heterocycles. The molecule has 3 nitrogen and oxygen atoms in total. The molecular weight excluding hydrogens is 233 g/mol. The van der Waals surface area contributed by atoms with Crippen molar-refractivity contribution in [3.63, 3.8) is 0 Å². The van der Waals surface area contributed by atoms with Crippen LogP contribution in [0.5, 0.6) is 0 Å². The molecule has 6 heteroatoms. The van der Waals surface area contributed by atoms with E-state index in [-0.39, 0.29) is 31.2 Å². The fourth-order valence-corrected chi connectivity index (χ4v) is 2.04. The van der Waals surface area contributed by atoms with Gasteiger partial charge >= 0.3 is 6.18 Å². The molecule has 1 fully saturated rings. The van der Waals surface area contributed by atoms with Crippen LogP contribution in [0.1, 0.15) is 26.7 Å². The maximum Gasteiger partial charge on any atom is 0.393 e. The van der Waals surface area contributed by atoms with E-state index in [9.17, 15) is 18.0 Å². The highest BCUT2D eigenvalue weighted by atomic mass is 19.4. The molecular formula is C11H19F3N2O. The Morgan fingerprint density at radius 3 is 2.65 bits per heavy atom. The molecule has 1 aliphatic rings. The fraction of sp³-hybridized carbons (Fsp3) is 0.909. The number of piperidine rings is 1. The van der Waals surface area contributed by atoms with Gasteiger partial charge in [-0.1, -0.05) is 13.8 Å². The lowest BCUT2D eigenvalue weighted by molar-refractivity contribution is -0.187. The van der Waals surface area contributed by atoms with Gasteiger partial charge in [0.2, 0.25) is 5.91 Å². The van der Waals surface area contributed by atoms with Crippen LogP contribution >= 0.6 is 0 Å². The zero-order valence-corrected chi connectivity index (χ0v) is 10.1. The fourth-order valence-electron chi connectivity index (χ4n) is 2.04. The molecule has 2 N–H and O–H groups in total. The van der Waals surface area contributed by atoms with Crippen LogP contribution in [0.2, 0.25) is 0 Å². The Morgan fingerprint density at radius 1 is 1.47 bits per heavy atom. The molecule has 17 heavy (non-hydrogen) atoms. The first-order valence-corrected chi connectivity index (χ1v) is 5.87. The number of carbonyl (C=O) groups is 1. The average Bonchev–Trinajstić information content (AvgIpc) is 2.15. The molecule has 2 unspecified atom stereocenters. The molecule has 0 aromatic heterocycles. The molecule has 0 aliphatic carbocycles. The van der Waals surface area contributed by atoms with Gasteiger partial charge < -0.3 is 10.6 Å². The van der Waals surface area contributed by atoms with Crippen molar-refractivity contribution < 1.29 is 18.0 Å². The van der Waals surface area contributed by atoms with Crippen molar-refractivity contribution in [3.8, 4) is 0 Å². The molecule has 0 spiro atoms. The SMILES string of the molecule is CC(C)CC(=O)NC1CNCCC1C(F)(F)F. The predicted octanol–water partition coefficient (Wildman–Crippen LogP) is 1.69. The minimum atomic E-state index is -4.24. The van der Waals surface area contributed by atoms with Gasteiger partial charge in [0.15, 0.2) is 0 Å². The third kappa shape index (κ3) is 4.53. The molecule has 1 rings (SSSR count). The van der Waals surface area contributed by atoms with E-state index < -0.39 is 18.1 Å². The summed E-state index contributed by atoms with van der Waals surface area (Å²) in [6, 6.07) is -0.838. The third-order valence-electron chi connectivity index (χ3n) is 2.84. The van der Waals surface area contributed by atoms with Gasteiger partial charge in [-0.05, 0) is 18.9 Å². The van der Waals surface area contributed by atoms with Crippen molar-refractivity contribution in [2.24, 2.45) is 11.8 Å². The highest BCUT2D eigenvalue weighted by molar-refractivity contribution is 5.76. The summed E-state index contributed by atoms with van der Waals surface area (Å²) < 4.78 is 38.2. The third-order valence-corrected chi connectivity index (χ3v) is 2.84. The van der Waals surface area contributed by atoms with Gasteiger partial charge in [0, 0.05) is 13.0 Å². The van der Waals surface area contributed by atoms with Gasteiger partial charge in [-0.25, -0.2) is 0 Å². The van der Waals surface area contributed by atoms with E-state index in [1.807, 2.05) is 13.8 Å². The monoisotopic (exact) mass is 252 g/mol. The lowest BCUT2D eigenvalue weighted by Gasteiger charge is -2.34. The Balaban J connectivity index is 2.57. The minimum absolute atomic E-state index is 0.0239. The molecule has 0 aromatic rings. The Morgan fingerprint density at radius 2 is 2.12 bits per heavy atom. The quantitative estimate of drug-likeness (QED) is 0.802. The average molecular weight is 252 g/mol. The zero-order chi connectivity index (χ0) is 13.1. The van der Waals surface area contributed by atoms with Crippen molar-refractivity contribution >= 4 is 5.91 Å². The smallest absolute Gasteiger partial charge is 0.351 e. The number of alkyl halides is 3. The first-order chi connectivity index (χ1) is 7.80. The van der Waals surface area contributed by atoms with E-state index in [4.69, 9.17) is 0 Å². The molecule has 0 bridgehead atoms. The summed E-state index contributed by atoms with van der Waals surface area (Å²) in [5.41, 5.74) is 0. The molecule has 0 saturated carbocycles. The predicted molar refractivity (Wildman–Crippen MR) is 58.4 cm³/mol. The van der Waals surface area contributed by atoms with E-state index in [2.05, 4.69) is 10.6 Å². The summed E-state index contributed by atoms with van der Waals surface area (Å²) in [5.74, 6) is -1.58. The highest BCUT2D eigenvalue weighted by Gasteiger charge is 2.45. The number of carbonyl (C=O) groups excluding carboxylic acids is 1. The van der Waals surface area contributed by atoms with Gasteiger partial charge in [-0.2, -0.15) is 13.2 Å². The lowest BCUT2D eigenvalue weighted by atomic mass is 9.91. The lowest BCUT2D eigenvalue weighted by Crippen LogP contribution is -2.55. The molecule has 1 amide bonds.